The Balaban J connectivity index is 1.66. The monoisotopic (exact) mass is 429 g/mol. The van der Waals surface area contributed by atoms with Gasteiger partial charge in [0.2, 0.25) is 0 Å². The molecule has 7 heteroatoms. The van der Waals surface area contributed by atoms with Gasteiger partial charge in [0, 0.05) is 42.9 Å². The minimum absolute atomic E-state index is 0.297. The zero-order valence-corrected chi connectivity index (χ0v) is 18.5. The minimum atomic E-state index is -0.297. The number of nitrogens with zero attached hydrogens (tertiary/aromatic N) is 4. The molecule has 31 heavy (non-hydrogen) atoms. The molecule has 1 unspecified atom stereocenters. The molecule has 0 fully saturated rings. The van der Waals surface area contributed by atoms with Crippen molar-refractivity contribution in [1.29, 1.82) is 0 Å². The lowest BCUT2D eigenvalue weighted by molar-refractivity contribution is 0.403. The quantitative estimate of drug-likeness (QED) is 0.504. The van der Waals surface area contributed by atoms with Crippen molar-refractivity contribution in [2.24, 2.45) is 0 Å². The molecule has 0 saturated heterocycles. The zero-order valence-electron chi connectivity index (χ0n) is 17.7. The molecule has 0 aliphatic heterocycles. The van der Waals surface area contributed by atoms with E-state index in [1.54, 1.807) is 7.11 Å². The second-order valence-corrected chi connectivity index (χ2v) is 8.41. The van der Waals surface area contributed by atoms with Crippen molar-refractivity contribution in [2.45, 2.75) is 11.8 Å². The molecule has 2 aromatic heterocycles. The predicted octanol–water partition coefficient (Wildman–Crippen LogP) is 4.56. The van der Waals surface area contributed by atoms with Crippen LogP contribution in [0.4, 0.5) is 5.69 Å². The highest BCUT2D eigenvalue weighted by atomic mass is 32.1. The van der Waals surface area contributed by atoms with Crippen LogP contribution >= 0.6 is 11.7 Å². The Morgan fingerprint density at radius 2 is 1.81 bits per heavy atom. The second-order valence-electron chi connectivity index (χ2n) is 7.88. The topological polar surface area (TPSA) is 66.9 Å². The van der Waals surface area contributed by atoms with Gasteiger partial charge in [-0.15, -0.1) is 4.37 Å². The molecule has 156 valence electrons. The highest BCUT2D eigenvalue weighted by Crippen LogP contribution is 2.44. The number of methoxy groups -OCH3 is 1. The summed E-state index contributed by atoms with van der Waals surface area (Å²) in [6.45, 7) is 0. The molecular formula is C24H23N5OS. The molecule has 5 rings (SSSR count). The normalized spacial score (nSPS) is 17.4. The summed E-state index contributed by atoms with van der Waals surface area (Å²) >= 11 is 1.13. The lowest BCUT2D eigenvalue weighted by Crippen LogP contribution is -2.30. The van der Waals surface area contributed by atoms with Crippen LogP contribution in [0.2, 0.25) is 0 Å². The van der Waals surface area contributed by atoms with Crippen LogP contribution in [0.15, 0.2) is 60.7 Å². The summed E-state index contributed by atoms with van der Waals surface area (Å²) in [7, 11) is 5.74. The van der Waals surface area contributed by atoms with Crippen molar-refractivity contribution in [3.63, 3.8) is 0 Å². The molecule has 1 atom stereocenters. The van der Waals surface area contributed by atoms with E-state index in [4.69, 9.17) is 4.74 Å². The molecule has 4 aromatic rings. The van der Waals surface area contributed by atoms with Crippen LogP contribution in [0.1, 0.15) is 22.4 Å². The molecule has 0 spiro atoms. The highest BCUT2D eigenvalue weighted by Gasteiger charge is 2.37. The molecule has 0 saturated carbocycles. The number of anilines is 1. The van der Waals surface area contributed by atoms with E-state index in [2.05, 4.69) is 105 Å². The molecule has 2 heterocycles. The Labute approximate surface area is 185 Å². The van der Waals surface area contributed by atoms with Crippen molar-refractivity contribution in [1.82, 2.24) is 18.9 Å². The largest absolute Gasteiger partial charge is 0.479 e. The van der Waals surface area contributed by atoms with E-state index in [-0.39, 0.29) is 5.41 Å². The molecule has 6 nitrogen and oxygen atoms in total. The summed E-state index contributed by atoms with van der Waals surface area (Å²) < 4.78 is 14.0. The van der Waals surface area contributed by atoms with E-state index in [1.165, 1.54) is 16.8 Å². The number of aromatic amines is 1. The number of hydrogen-bond acceptors (Lipinski definition) is 6. The van der Waals surface area contributed by atoms with Gasteiger partial charge in [-0.25, -0.2) is 0 Å². The number of ether oxygens (including phenoxy) is 1. The van der Waals surface area contributed by atoms with Gasteiger partial charge in [-0.05, 0) is 23.3 Å². The summed E-state index contributed by atoms with van der Waals surface area (Å²) in [5, 5.41) is 7.85. The van der Waals surface area contributed by atoms with Crippen LogP contribution in [0, 0.1) is 0 Å². The predicted molar refractivity (Wildman–Crippen MR) is 125 cm³/mol. The van der Waals surface area contributed by atoms with Crippen LogP contribution in [0.25, 0.3) is 17.5 Å². The lowest BCUT2D eigenvalue weighted by atomic mass is 9.68. The standard InChI is InChI=1S/C24H23N5OS/c1-29(2)18-11-7-10-17(14-18)24(16-8-5-4-6-9-16)13-12-19-20(15-24)25-26-21(19)22-23(30-3)28-31-27-22/h4-14H,15H2,1-3H3,(H,25,26). The maximum Gasteiger partial charge on any atom is 0.255 e. The first kappa shape index (κ1) is 19.5. The minimum Gasteiger partial charge on any atom is -0.479 e. The molecular weight excluding hydrogens is 406 g/mol. The average molecular weight is 430 g/mol. The number of allylic oxidation sites excluding steroid dienone is 1. The summed E-state index contributed by atoms with van der Waals surface area (Å²) in [6.07, 6.45) is 5.23. The maximum absolute atomic E-state index is 5.37. The maximum atomic E-state index is 5.37. The Hall–Kier alpha value is -3.45. The molecule has 1 aliphatic rings. The third-order valence-corrected chi connectivity index (χ3v) is 6.43. The van der Waals surface area contributed by atoms with Gasteiger partial charge in [0.25, 0.3) is 5.88 Å². The van der Waals surface area contributed by atoms with Crippen molar-refractivity contribution < 1.29 is 4.74 Å². The fourth-order valence-corrected chi connectivity index (χ4v) is 4.79. The number of H-pyrrole nitrogens is 1. The van der Waals surface area contributed by atoms with E-state index in [9.17, 15) is 0 Å². The Morgan fingerprint density at radius 3 is 2.58 bits per heavy atom. The molecule has 0 amide bonds. The number of hydrogen-bond donors (Lipinski definition) is 1. The summed E-state index contributed by atoms with van der Waals surface area (Å²) in [5.74, 6) is 0.506. The number of benzene rings is 2. The van der Waals surface area contributed by atoms with Gasteiger partial charge < -0.3 is 9.64 Å². The number of nitrogens with one attached hydrogen (secondary N) is 1. The van der Waals surface area contributed by atoms with E-state index in [1.807, 2.05) is 0 Å². The van der Waals surface area contributed by atoms with Gasteiger partial charge in [0.1, 0.15) is 5.69 Å². The third kappa shape index (κ3) is 3.21. The zero-order chi connectivity index (χ0) is 21.4. The Morgan fingerprint density at radius 1 is 1.00 bits per heavy atom. The second kappa shape index (κ2) is 7.67. The molecule has 2 aromatic carbocycles. The van der Waals surface area contributed by atoms with Crippen molar-refractivity contribution in [3.05, 3.63) is 83.1 Å². The lowest BCUT2D eigenvalue weighted by Gasteiger charge is -2.35. The third-order valence-electron chi connectivity index (χ3n) is 5.92. The average Bonchev–Trinajstić information content (AvgIpc) is 3.45. The van der Waals surface area contributed by atoms with E-state index in [0.29, 0.717) is 11.6 Å². The van der Waals surface area contributed by atoms with Gasteiger partial charge in [-0.3, -0.25) is 5.10 Å². The van der Waals surface area contributed by atoms with Gasteiger partial charge in [0.15, 0.2) is 5.69 Å². The summed E-state index contributed by atoms with van der Waals surface area (Å²) in [6, 6.07) is 19.4. The van der Waals surface area contributed by atoms with Crippen molar-refractivity contribution in [2.75, 3.05) is 26.1 Å². The number of rotatable bonds is 5. The smallest absolute Gasteiger partial charge is 0.255 e. The summed E-state index contributed by atoms with van der Waals surface area (Å²) in [5.41, 5.74) is 6.95. The number of fused-ring (bicyclic) bond motifs is 1. The van der Waals surface area contributed by atoms with Crippen LogP contribution in [-0.2, 0) is 11.8 Å². The Kier molecular flexibility index (Phi) is 4.82. The Bertz CT molecular complexity index is 1240. The summed E-state index contributed by atoms with van der Waals surface area (Å²) in [4.78, 5) is 2.13. The van der Waals surface area contributed by atoms with Crippen LogP contribution in [0.5, 0.6) is 5.88 Å². The van der Waals surface area contributed by atoms with E-state index >= 15 is 0 Å². The van der Waals surface area contributed by atoms with Gasteiger partial charge in [-0.2, -0.15) is 9.47 Å². The van der Waals surface area contributed by atoms with Gasteiger partial charge in [-0.1, -0.05) is 54.6 Å². The molecule has 0 bridgehead atoms. The SMILES string of the molecule is COc1nsnc1-c1n[nH]c2c1C=CC(c1ccccc1)(c1cccc(N(C)C)c1)C2. The molecule has 1 aliphatic carbocycles. The fourth-order valence-electron chi connectivity index (χ4n) is 4.26. The molecule has 0 radical (unpaired) electrons. The van der Waals surface area contributed by atoms with E-state index in [0.717, 1.165) is 35.1 Å². The van der Waals surface area contributed by atoms with Crippen LogP contribution in [-0.4, -0.2) is 40.1 Å². The van der Waals surface area contributed by atoms with Crippen LogP contribution in [0.3, 0.4) is 0 Å². The van der Waals surface area contributed by atoms with Crippen LogP contribution < -0.4 is 9.64 Å². The fraction of sp³-hybridized carbons (Fsp3) is 0.208. The molecule has 1 N–H and O–H groups in total. The number of aromatic nitrogens is 4. The van der Waals surface area contributed by atoms with Crippen molar-refractivity contribution in [3.8, 4) is 17.3 Å². The first-order valence-corrected chi connectivity index (χ1v) is 10.8. The highest BCUT2D eigenvalue weighted by molar-refractivity contribution is 6.99. The first-order valence-electron chi connectivity index (χ1n) is 10.1. The first-order chi connectivity index (χ1) is 15.1. The van der Waals surface area contributed by atoms with Crippen molar-refractivity contribution >= 4 is 23.5 Å². The van der Waals surface area contributed by atoms with Gasteiger partial charge in [0.05, 0.1) is 18.8 Å². The van der Waals surface area contributed by atoms with Gasteiger partial charge >= 0.3 is 0 Å². The van der Waals surface area contributed by atoms with E-state index < -0.39 is 0 Å².